The van der Waals surface area contributed by atoms with Gasteiger partial charge in [0.1, 0.15) is 0 Å². The number of hydrogen-bond acceptors (Lipinski definition) is 2. The molecule has 0 radical (unpaired) electrons. The number of amides is 1. The minimum Gasteiger partial charge on any atom is -0.382 e. The van der Waals surface area contributed by atoms with Crippen LogP contribution < -0.4 is 11.1 Å². The molecular weight excluding hydrogens is 212 g/mol. The zero-order valence-electron chi connectivity index (χ0n) is 8.88. The number of anilines is 1. The number of carbonyl (C=O) groups is 1. The van der Waals surface area contributed by atoms with Crippen LogP contribution in [0.25, 0.3) is 0 Å². The van der Waals surface area contributed by atoms with E-state index in [1.165, 1.54) is 0 Å². The van der Waals surface area contributed by atoms with Crippen LogP contribution in [0.15, 0.2) is 18.2 Å². The lowest BCUT2D eigenvalue weighted by Gasteiger charge is -2.15. The second kappa shape index (κ2) is 5.03. The van der Waals surface area contributed by atoms with Crippen molar-refractivity contribution in [2.24, 2.45) is 5.73 Å². The molecule has 1 unspecified atom stereocenters. The highest BCUT2D eigenvalue weighted by Gasteiger charge is 2.07. The third-order valence-electron chi connectivity index (χ3n) is 2.11. The third-order valence-corrected chi connectivity index (χ3v) is 2.34. The van der Waals surface area contributed by atoms with Gasteiger partial charge in [-0.3, -0.25) is 4.79 Å². The first-order valence-electron chi connectivity index (χ1n) is 4.80. The average molecular weight is 227 g/mol. The van der Waals surface area contributed by atoms with Gasteiger partial charge >= 0.3 is 0 Å². The molecule has 0 fully saturated rings. The van der Waals surface area contributed by atoms with Gasteiger partial charge in [-0.05, 0) is 31.5 Å². The molecule has 0 spiro atoms. The van der Waals surface area contributed by atoms with Crippen LogP contribution in [0, 0.1) is 6.92 Å². The predicted octanol–water partition coefficient (Wildman–Crippen LogP) is 2.32. The van der Waals surface area contributed by atoms with Crippen LogP contribution >= 0.6 is 11.6 Å². The van der Waals surface area contributed by atoms with Gasteiger partial charge in [-0.15, -0.1) is 0 Å². The van der Waals surface area contributed by atoms with Gasteiger partial charge in [-0.1, -0.05) is 17.7 Å². The number of halogens is 1. The maximum atomic E-state index is 10.7. The predicted molar refractivity (Wildman–Crippen MR) is 63.1 cm³/mol. The topological polar surface area (TPSA) is 55.1 Å². The molecule has 82 valence electrons. The van der Waals surface area contributed by atoms with Crippen molar-refractivity contribution in [1.82, 2.24) is 0 Å². The van der Waals surface area contributed by atoms with Gasteiger partial charge in [0.2, 0.25) is 5.91 Å². The molecule has 3 nitrogen and oxygen atoms in total. The van der Waals surface area contributed by atoms with E-state index < -0.39 is 0 Å². The molecule has 1 rings (SSSR count). The monoisotopic (exact) mass is 226 g/mol. The molecule has 0 bridgehead atoms. The summed E-state index contributed by atoms with van der Waals surface area (Å²) in [5, 5.41) is 3.87. The minimum atomic E-state index is -0.310. The highest BCUT2D eigenvalue weighted by Crippen LogP contribution is 2.21. The van der Waals surface area contributed by atoms with Crippen molar-refractivity contribution in [1.29, 1.82) is 0 Å². The number of benzene rings is 1. The quantitative estimate of drug-likeness (QED) is 0.828. The second-order valence-electron chi connectivity index (χ2n) is 3.68. The van der Waals surface area contributed by atoms with Crippen LogP contribution in [0.1, 0.15) is 18.9 Å². The molecule has 1 atom stereocenters. The summed E-state index contributed by atoms with van der Waals surface area (Å²) in [5.74, 6) is -0.310. The van der Waals surface area contributed by atoms with E-state index >= 15 is 0 Å². The van der Waals surface area contributed by atoms with Crippen LogP contribution in [0.2, 0.25) is 5.02 Å². The molecule has 0 saturated heterocycles. The Morgan fingerprint density at radius 2 is 2.27 bits per heavy atom. The van der Waals surface area contributed by atoms with Gasteiger partial charge in [0.25, 0.3) is 0 Å². The zero-order chi connectivity index (χ0) is 11.4. The smallest absolute Gasteiger partial charge is 0.219 e. The Bertz CT molecular complexity index is 366. The molecule has 15 heavy (non-hydrogen) atoms. The lowest BCUT2D eigenvalue weighted by molar-refractivity contribution is -0.118. The van der Waals surface area contributed by atoms with Crippen molar-refractivity contribution in [3.8, 4) is 0 Å². The van der Waals surface area contributed by atoms with Crippen molar-refractivity contribution >= 4 is 23.2 Å². The molecule has 4 heteroatoms. The Labute approximate surface area is 94.6 Å². The van der Waals surface area contributed by atoms with Crippen molar-refractivity contribution in [2.75, 3.05) is 5.32 Å². The molecule has 1 aromatic rings. The number of rotatable bonds is 4. The molecule has 1 aromatic carbocycles. The molecule has 0 aliphatic heterocycles. The van der Waals surface area contributed by atoms with Gasteiger partial charge < -0.3 is 11.1 Å². The Balaban J connectivity index is 2.71. The molecule has 0 saturated carbocycles. The van der Waals surface area contributed by atoms with E-state index in [4.69, 9.17) is 17.3 Å². The molecule has 0 aliphatic carbocycles. The summed E-state index contributed by atoms with van der Waals surface area (Å²) < 4.78 is 0. The lowest BCUT2D eigenvalue weighted by Crippen LogP contribution is -2.24. The lowest BCUT2D eigenvalue weighted by atomic mass is 10.1. The fraction of sp³-hybridized carbons (Fsp3) is 0.364. The average Bonchev–Trinajstić information content (AvgIpc) is 2.10. The van der Waals surface area contributed by atoms with E-state index in [2.05, 4.69) is 5.32 Å². The summed E-state index contributed by atoms with van der Waals surface area (Å²) in [6.07, 6.45) is 0.311. The van der Waals surface area contributed by atoms with E-state index in [-0.39, 0.29) is 11.9 Å². The SMILES string of the molecule is Cc1ccc(Cl)cc1NC(C)CC(N)=O. The fourth-order valence-corrected chi connectivity index (χ4v) is 1.54. The van der Waals surface area contributed by atoms with Crippen LogP contribution in [0.4, 0.5) is 5.69 Å². The molecule has 0 aliphatic rings. The Kier molecular flexibility index (Phi) is 3.97. The number of carbonyl (C=O) groups excluding carboxylic acids is 1. The highest BCUT2D eigenvalue weighted by molar-refractivity contribution is 6.30. The van der Waals surface area contributed by atoms with E-state index in [0.29, 0.717) is 11.4 Å². The second-order valence-corrected chi connectivity index (χ2v) is 4.11. The first-order valence-corrected chi connectivity index (χ1v) is 5.18. The minimum absolute atomic E-state index is 0.0136. The Morgan fingerprint density at radius 3 is 2.87 bits per heavy atom. The summed E-state index contributed by atoms with van der Waals surface area (Å²) in [5.41, 5.74) is 7.14. The van der Waals surface area contributed by atoms with Crippen molar-refractivity contribution < 1.29 is 4.79 Å². The fourth-order valence-electron chi connectivity index (χ4n) is 1.37. The zero-order valence-corrected chi connectivity index (χ0v) is 9.64. The van der Waals surface area contributed by atoms with E-state index in [1.54, 1.807) is 0 Å². The summed E-state index contributed by atoms with van der Waals surface area (Å²) in [4.78, 5) is 10.7. The number of nitrogens with two attached hydrogens (primary N) is 1. The van der Waals surface area contributed by atoms with Crippen LogP contribution in [0.5, 0.6) is 0 Å². The summed E-state index contributed by atoms with van der Waals surface area (Å²) >= 11 is 5.87. The maximum Gasteiger partial charge on any atom is 0.219 e. The summed E-state index contributed by atoms with van der Waals surface area (Å²) in [7, 11) is 0. The number of hydrogen-bond donors (Lipinski definition) is 2. The maximum absolute atomic E-state index is 10.7. The number of primary amides is 1. The number of nitrogens with one attached hydrogen (secondary N) is 1. The Morgan fingerprint density at radius 1 is 1.60 bits per heavy atom. The van der Waals surface area contributed by atoms with E-state index in [1.807, 2.05) is 32.0 Å². The summed E-state index contributed by atoms with van der Waals surface area (Å²) in [6, 6.07) is 5.62. The first kappa shape index (κ1) is 11.9. The normalized spacial score (nSPS) is 12.2. The summed E-state index contributed by atoms with van der Waals surface area (Å²) in [6.45, 7) is 3.89. The Hall–Kier alpha value is -1.22. The van der Waals surface area contributed by atoms with Crippen LogP contribution in [-0.4, -0.2) is 11.9 Å². The van der Waals surface area contributed by atoms with Crippen molar-refractivity contribution in [3.05, 3.63) is 28.8 Å². The third kappa shape index (κ3) is 3.80. The molecule has 3 N–H and O–H groups in total. The molecule has 1 amide bonds. The standard InChI is InChI=1S/C11H15ClN2O/c1-7-3-4-9(12)6-10(7)14-8(2)5-11(13)15/h3-4,6,8,14H,5H2,1-2H3,(H2,13,15). The van der Waals surface area contributed by atoms with Gasteiger partial charge in [-0.25, -0.2) is 0 Å². The van der Waals surface area contributed by atoms with E-state index in [0.717, 1.165) is 11.3 Å². The van der Waals surface area contributed by atoms with E-state index in [9.17, 15) is 4.79 Å². The highest BCUT2D eigenvalue weighted by atomic mass is 35.5. The molecule has 0 aromatic heterocycles. The van der Waals surface area contributed by atoms with Gasteiger partial charge in [-0.2, -0.15) is 0 Å². The van der Waals surface area contributed by atoms with Crippen LogP contribution in [0.3, 0.4) is 0 Å². The van der Waals surface area contributed by atoms with Crippen molar-refractivity contribution in [2.45, 2.75) is 26.3 Å². The van der Waals surface area contributed by atoms with Gasteiger partial charge in [0, 0.05) is 23.2 Å². The van der Waals surface area contributed by atoms with Gasteiger partial charge in [0.05, 0.1) is 0 Å². The molecule has 0 heterocycles. The van der Waals surface area contributed by atoms with Gasteiger partial charge in [0.15, 0.2) is 0 Å². The molecular formula is C11H15ClN2O. The van der Waals surface area contributed by atoms with Crippen LogP contribution in [-0.2, 0) is 4.79 Å². The number of aryl methyl sites for hydroxylation is 1. The largest absolute Gasteiger partial charge is 0.382 e. The first-order chi connectivity index (χ1) is 6.99. The van der Waals surface area contributed by atoms with Crippen molar-refractivity contribution in [3.63, 3.8) is 0 Å².